The molecule has 1 unspecified atom stereocenters. The number of aromatic nitrogens is 2. The van der Waals surface area contributed by atoms with Crippen molar-refractivity contribution in [3.05, 3.63) is 35.7 Å². The molecule has 1 aromatic carbocycles. The van der Waals surface area contributed by atoms with Gasteiger partial charge < -0.3 is 9.63 Å². The zero-order valence-electron chi connectivity index (χ0n) is 10.1. The summed E-state index contributed by atoms with van der Waals surface area (Å²) in [5, 5.41) is 13.1. The first-order chi connectivity index (χ1) is 8.16. The highest BCUT2D eigenvalue weighted by Crippen LogP contribution is 2.20. The van der Waals surface area contributed by atoms with Crippen LogP contribution in [0, 0.1) is 6.92 Å². The van der Waals surface area contributed by atoms with Crippen molar-refractivity contribution in [1.82, 2.24) is 10.1 Å². The summed E-state index contributed by atoms with van der Waals surface area (Å²) in [6, 6.07) is 7.92. The highest BCUT2D eigenvalue weighted by molar-refractivity contribution is 5.58. The van der Waals surface area contributed by atoms with Crippen molar-refractivity contribution in [2.24, 2.45) is 0 Å². The Morgan fingerprint density at radius 2 is 2.12 bits per heavy atom. The first kappa shape index (κ1) is 11.8. The zero-order chi connectivity index (χ0) is 12.3. The third kappa shape index (κ3) is 2.91. The number of aryl methyl sites for hydroxylation is 2. The molecule has 0 saturated heterocycles. The van der Waals surface area contributed by atoms with Crippen molar-refractivity contribution in [2.45, 2.75) is 32.8 Å². The van der Waals surface area contributed by atoms with Crippen LogP contribution >= 0.6 is 0 Å². The summed E-state index contributed by atoms with van der Waals surface area (Å²) in [6.07, 6.45) is 0.898. The van der Waals surface area contributed by atoms with Crippen molar-refractivity contribution in [3.8, 4) is 11.4 Å². The molecule has 0 aliphatic carbocycles. The Morgan fingerprint density at radius 3 is 2.82 bits per heavy atom. The van der Waals surface area contributed by atoms with E-state index in [1.165, 1.54) is 0 Å². The van der Waals surface area contributed by atoms with Crippen LogP contribution in [0.5, 0.6) is 0 Å². The molecule has 0 radical (unpaired) electrons. The van der Waals surface area contributed by atoms with E-state index in [9.17, 15) is 5.11 Å². The van der Waals surface area contributed by atoms with Crippen LogP contribution < -0.4 is 0 Å². The molecule has 0 amide bonds. The van der Waals surface area contributed by atoms with E-state index in [1.807, 2.05) is 31.2 Å². The van der Waals surface area contributed by atoms with E-state index in [1.54, 1.807) is 6.92 Å². The number of benzene rings is 1. The van der Waals surface area contributed by atoms with Gasteiger partial charge in [0.15, 0.2) is 0 Å². The third-order valence-electron chi connectivity index (χ3n) is 2.63. The number of aliphatic hydroxyl groups is 1. The summed E-state index contributed by atoms with van der Waals surface area (Å²) < 4.78 is 5.15. The lowest BCUT2D eigenvalue weighted by molar-refractivity contribution is 0.180. The van der Waals surface area contributed by atoms with Crippen LogP contribution in [0.25, 0.3) is 11.4 Å². The summed E-state index contributed by atoms with van der Waals surface area (Å²) in [5.41, 5.74) is 2.11. The van der Waals surface area contributed by atoms with Gasteiger partial charge in [-0.2, -0.15) is 4.98 Å². The van der Waals surface area contributed by atoms with Crippen molar-refractivity contribution < 1.29 is 9.63 Å². The van der Waals surface area contributed by atoms with E-state index >= 15 is 0 Å². The van der Waals surface area contributed by atoms with Gasteiger partial charge in [0.1, 0.15) is 0 Å². The van der Waals surface area contributed by atoms with E-state index in [4.69, 9.17) is 4.52 Å². The van der Waals surface area contributed by atoms with Crippen molar-refractivity contribution >= 4 is 0 Å². The average molecular weight is 232 g/mol. The Labute approximate surface area is 100 Å². The molecule has 2 aromatic rings. The number of hydrogen-bond acceptors (Lipinski definition) is 4. The van der Waals surface area contributed by atoms with Crippen molar-refractivity contribution in [3.63, 3.8) is 0 Å². The maximum Gasteiger partial charge on any atom is 0.227 e. The van der Waals surface area contributed by atoms with Gasteiger partial charge >= 0.3 is 0 Å². The van der Waals surface area contributed by atoms with Crippen LogP contribution in [-0.2, 0) is 6.42 Å². The Bertz CT molecular complexity index is 492. The fourth-order valence-corrected chi connectivity index (χ4v) is 1.62. The smallest absolute Gasteiger partial charge is 0.227 e. The first-order valence-corrected chi connectivity index (χ1v) is 5.73. The molecule has 0 aliphatic rings. The van der Waals surface area contributed by atoms with Crippen LogP contribution in [0.1, 0.15) is 24.8 Å². The molecule has 17 heavy (non-hydrogen) atoms. The standard InChI is InChI=1S/C13H16N2O2/c1-9-5-3-4-6-11(9)13-14-12(17-15-13)8-7-10(2)16/h3-6,10,16H,7-8H2,1-2H3. The number of aliphatic hydroxyl groups excluding tert-OH is 1. The quantitative estimate of drug-likeness (QED) is 0.879. The Kier molecular flexibility index (Phi) is 3.54. The van der Waals surface area contributed by atoms with Crippen molar-refractivity contribution in [2.75, 3.05) is 0 Å². The van der Waals surface area contributed by atoms with Gasteiger partial charge in [-0.05, 0) is 25.8 Å². The Hall–Kier alpha value is -1.68. The molecule has 0 spiro atoms. The van der Waals surface area contributed by atoms with Gasteiger partial charge in [0.05, 0.1) is 6.10 Å². The third-order valence-corrected chi connectivity index (χ3v) is 2.63. The molecular formula is C13H16N2O2. The Balaban J connectivity index is 2.16. The average Bonchev–Trinajstić information content (AvgIpc) is 2.75. The minimum absolute atomic E-state index is 0.344. The number of rotatable bonds is 4. The van der Waals surface area contributed by atoms with E-state index in [-0.39, 0.29) is 6.10 Å². The van der Waals surface area contributed by atoms with Crippen LogP contribution in [-0.4, -0.2) is 21.4 Å². The van der Waals surface area contributed by atoms with Gasteiger partial charge in [-0.15, -0.1) is 0 Å². The van der Waals surface area contributed by atoms with Gasteiger partial charge in [0, 0.05) is 12.0 Å². The molecule has 4 nitrogen and oxygen atoms in total. The lowest BCUT2D eigenvalue weighted by Gasteiger charge is -1.99. The summed E-state index contributed by atoms with van der Waals surface area (Å²) in [6.45, 7) is 3.76. The van der Waals surface area contributed by atoms with Crippen LogP contribution in [0.2, 0.25) is 0 Å². The maximum absolute atomic E-state index is 9.19. The molecule has 1 N–H and O–H groups in total. The summed E-state index contributed by atoms with van der Waals surface area (Å²) in [4.78, 5) is 4.32. The maximum atomic E-state index is 9.19. The molecular weight excluding hydrogens is 216 g/mol. The van der Waals surface area contributed by atoms with Gasteiger partial charge in [0.25, 0.3) is 0 Å². The molecule has 1 heterocycles. The van der Waals surface area contributed by atoms with E-state index in [2.05, 4.69) is 10.1 Å². The Morgan fingerprint density at radius 1 is 1.35 bits per heavy atom. The minimum atomic E-state index is -0.344. The summed E-state index contributed by atoms with van der Waals surface area (Å²) >= 11 is 0. The second-order valence-electron chi connectivity index (χ2n) is 4.21. The molecule has 0 saturated carbocycles. The molecule has 1 aromatic heterocycles. The van der Waals surface area contributed by atoms with Gasteiger partial charge in [0.2, 0.25) is 11.7 Å². The molecule has 0 fully saturated rings. The topological polar surface area (TPSA) is 59.2 Å². The number of hydrogen-bond donors (Lipinski definition) is 1. The second-order valence-corrected chi connectivity index (χ2v) is 4.21. The lowest BCUT2D eigenvalue weighted by atomic mass is 10.1. The fraction of sp³-hybridized carbons (Fsp3) is 0.385. The largest absolute Gasteiger partial charge is 0.393 e. The molecule has 0 bridgehead atoms. The van der Waals surface area contributed by atoms with Gasteiger partial charge in [-0.3, -0.25) is 0 Å². The lowest BCUT2D eigenvalue weighted by Crippen LogP contribution is -2.01. The highest BCUT2D eigenvalue weighted by Gasteiger charge is 2.10. The first-order valence-electron chi connectivity index (χ1n) is 5.73. The van der Waals surface area contributed by atoms with Crippen LogP contribution in [0.4, 0.5) is 0 Å². The highest BCUT2D eigenvalue weighted by atomic mass is 16.5. The second kappa shape index (κ2) is 5.10. The van der Waals surface area contributed by atoms with Crippen LogP contribution in [0.15, 0.2) is 28.8 Å². The molecule has 0 aliphatic heterocycles. The molecule has 2 rings (SSSR count). The SMILES string of the molecule is Cc1ccccc1-c1noc(CCC(C)O)n1. The molecule has 1 atom stereocenters. The predicted octanol–water partition coefficient (Wildman–Crippen LogP) is 2.36. The molecule has 90 valence electrons. The van der Waals surface area contributed by atoms with Gasteiger partial charge in [-0.25, -0.2) is 0 Å². The predicted molar refractivity (Wildman–Crippen MR) is 64.5 cm³/mol. The van der Waals surface area contributed by atoms with Crippen LogP contribution in [0.3, 0.4) is 0 Å². The van der Waals surface area contributed by atoms with E-state index in [0.717, 1.165) is 11.1 Å². The van der Waals surface area contributed by atoms with E-state index in [0.29, 0.717) is 24.6 Å². The molecule has 4 heteroatoms. The monoisotopic (exact) mass is 232 g/mol. The number of nitrogens with zero attached hydrogens (tertiary/aromatic N) is 2. The fourth-order valence-electron chi connectivity index (χ4n) is 1.62. The van der Waals surface area contributed by atoms with E-state index < -0.39 is 0 Å². The zero-order valence-corrected chi connectivity index (χ0v) is 10.1. The van der Waals surface area contributed by atoms with Crippen molar-refractivity contribution in [1.29, 1.82) is 0 Å². The summed E-state index contributed by atoms with van der Waals surface area (Å²) in [5.74, 6) is 1.19. The minimum Gasteiger partial charge on any atom is -0.393 e. The normalized spacial score (nSPS) is 12.6. The van der Waals surface area contributed by atoms with Gasteiger partial charge in [-0.1, -0.05) is 29.4 Å². The summed E-state index contributed by atoms with van der Waals surface area (Å²) in [7, 11) is 0.